The van der Waals surface area contributed by atoms with Gasteiger partial charge in [-0.2, -0.15) is 0 Å². The highest BCUT2D eigenvalue weighted by molar-refractivity contribution is 5.44. The number of hydrogen-bond donors (Lipinski definition) is 1. The molecular formula is C25H33NO. The van der Waals surface area contributed by atoms with Crippen molar-refractivity contribution < 1.29 is 4.74 Å². The maximum absolute atomic E-state index is 5.74. The molecule has 1 N–H and O–H groups in total. The Morgan fingerprint density at radius 1 is 1.15 bits per heavy atom. The van der Waals surface area contributed by atoms with E-state index in [1.165, 1.54) is 41.6 Å². The number of ether oxygens (including phenoxy) is 1. The molecule has 4 rings (SSSR count). The summed E-state index contributed by atoms with van der Waals surface area (Å²) in [7, 11) is 0. The zero-order chi connectivity index (χ0) is 18.8. The molecule has 3 unspecified atom stereocenters. The van der Waals surface area contributed by atoms with Crippen LogP contribution >= 0.6 is 0 Å². The third-order valence-electron chi connectivity index (χ3n) is 6.75. The van der Waals surface area contributed by atoms with Crippen molar-refractivity contribution in [3.05, 3.63) is 70.9 Å². The Hall–Kier alpha value is -1.64. The zero-order valence-corrected chi connectivity index (χ0v) is 16.9. The number of fused-ring (bicyclic) bond motifs is 1. The van der Waals surface area contributed by atoms with Gasteiger partial charge in [0.25, 0.3) is 0 Å². The lowest BCUT2D eigenvalue weighted by molar-refractivity contribution is 0.279. The van der Waals surface area contributed by atoms with Gasteiger partial charge in [0.1, 0.15) is 6.10 Å². The van der Waals surface area contributed by atoms with Crippen LogP contribution in [-0.4, -0.2) is 24.8 Å². The van der Waals surface area contributed by atoms with Crippen molar-refractivity contribution in [3.8, 4) is 0 Å². The molecule has 27 heavy (non-hydrogen) atoms. The maximum atomic E-state index is 5.74. The van der Waals surface area contributed by atoms with Crippen molar-refractivity contribution in [2.24, 2.45) is 11.8 Å². The third kappa shape index (κ3) is 4.28. The van der Waals surface area contributed by atoms with Crippen LogP contribution in [0.5, 0.6) is 0 Å². The lowest BCUT2D eigenvalue weighted by atomic mass is 9.76. The minimum absolute atomic E-state index is 0.323. The fraction of sp³-hybridized carbons (Fsp3) is 0.520. The Bertz CT molecular complexity index is 744. The number of rotatable bonds is 6. The summed E-state index contributed by atoms with van der Waals surface area (Å²) in [4.78, 5) is 0. The molecule has 0 bridgehead atoms. The smallest absolute Gasteiger partial charge is 0.100 e. The second kappa shape index (κ2) is 8.16. The monoisotopic (exact) mass is 363 g/mol. The standard InChI is InChI=1S/C25H33NO/c1-17(20-9-5-4-6-10-20)18(2)25(24-16-27-24)26-19(3)22-14-13-21-11-7-8-12-23(21)15-22/h5,7-13,19,22-26H,4,6,14-16H2,1-3H3/b18-17+/t19-,22?,23?,24-,25?/m0/s1. The third-order valence-corrected chi connectivity index (χ3v) is 6.75. The lowest BCUT2D eigenvalue weighted by Gasteiger charge is -2.35. The van der Waals surface area contributed by atoms with E-state index in [1.54, 1.807) is 0 Å². The van der Waals surface area contributed by atoms with Crippen LogP contribution in [-0.2, 0) is 4.74 Å². The van der Waals surface area contributed by atoms with Crippen molar-refractivity contribution in [2.45, 2.75) is 64.6 Å². The summed E-state index contributed by atoms with van der Waals surface area (Å²) in [5.41, 5.74) is 5.75. The van der Waals surface area contributed by atoms with Crippen molar-refractivity contribution in [2.75, 3.05) is 6.61 Å². The summed E-state index contributed by atoms with van der Waals surface area (Å²) in [5.74, 6) is 1.28. The molecule has 2 heteroatoms. The summed E-state index contributed by atoms with van der Waals surface area (Å²) >= 11 is 0. The molecule has 1 aliphatic heterocycles. The van der Waals surface area contributed by atoms with E-state index < -0.39 is 0 Å². The molecule has 3 aliphatic carbocycles. The van der Waals surface area contributed by atoms with Crippen molar-refractivity contribution in [3.63, 3.8) is 0 Å². The Labute approximate surface area is 164 Å². The first-order valence-electron chi connectivity index (χ1n) is 10.6. The molecule has 5 atom stereocenters. The maximum Gasteiger partial charge on any atom is 0.100 e. The predicted octanol–water partition coefficient (Wildman–Crippen LogP) is 5.42. The molecule has 1 heterocycles. The topological polar surface area (TPSA) is 24.6 Å². The first kappa shape index (κ1) is 18.7. The van der Waals surface area contributed by atoms with E-state index in [-0.39, 0.29) is 0 Å². The largest absolute Gasteiger partial charge is 0.371 e. The Morgan fingerprint density at radius 3 is 2.74 bits per heavy atom. The number of epoxide rings is 1. The summed E-state index contributed by atoms with van der Waals surface area (Å²) in [5, 5.41) is 3.96. The minimum Gasteiger partial charge on any atom is -0.371 e. The van der Waals surface area contributed by atoms with Gasteiger partial charge < -0.3 is 10.1 Å². The van der Waals surface area contributed by atoms with E-state index in [9.17, 15) is 0 Å². The van der Waals surface area contributed by atoms with Crippen LogP contribution < -0.4 is 5.32 Å². The quantitative estimate of drug-likeness (QED) is 0.637. The molecule has 0 radical (unpaired) electrons. The molecule has 1 saturated heterocycles. The van der Waals surface area contributed by atoms with Gasteiger partial charge in [-0.3, -0.25) is 0 Å². The fourth-order valence-corrected chi connectivity index (χ4v) is 4.68. The van der Waals surface area contributed by atoms with Crippen LogP contribution in [0.4, 0.5) is 0 Å². The normalized spacial score (nSPS) is 32.2. The molecule has 0 spiro atoms. The molecule has 4 aliphatic rings. The number of allylic oxidation sites excluding steroid dienone is 11. The van der Waals surface area contributed by atoms with Crippen molar-refractivity contribution in [1.82, 2.24) is 5.32 Å². The zero-order valence-electron chi connectivity index (χ0n) is 16.9. The highest BCUT2D eigenvalue weighted by atomic mass is 16.6. The van der Waals surface area contributed by atoms with E-state index in [2.05, 4.69) is 74.7 Å². The minimum atomic E-state index is 0.323. The van der Waals surface area contributed by atoms with Gasteiger partial charge in [0.05, 0.1) is 12.6 Å². The summed E-state index contributed by atoms with van der Waals surface area (Å²) in [6.07, 6.45) is 23.5. The van der Waals surface area contributed by atoms with Gasteiger partial charge in [0.15, 0.2) is 0 Å². The molecule has 0 aromatic heterocycles. The van der Waals surface area contributed by atoms with Gasteiger partial charge in [0.2, 0.25) is 0 Å². The van der Waals surface area contributed by atoms with Crippen LogP contribution in [0, 0.1) is 11.8 Å². The van der Waals surface area contributed by atoms with E-state index in [4.69, 9.17) is 4.74 Å². The Kier molecular flexibility index (Phi) is 5.66. The lowest BCUT2D eigenvalue weighted by Crippen LogP contribution is -2.45. The molecule has 0 saturated carbocycles. The number of nitrogens with one attached hydrogen (secondary N) is 1. The first-order valence-corrected chi connectivity index (χ1v) is 10.6. The van der Waals surface area contributed by atoms with Gasteiger partial charge >= 0.3 is 0 Å². The Morgan fingerprint density at radius 2 is 2.00 bits per heavy atom. The Balaban J connectivity index is 1.46. The summed E-state index contributed by atoms with van der Waals surface area (Å²) in [6, 6.07) is 0.804. The van der Waals surface area contributed by atoms with E-state index >= 15 is 0 Å². The van der Waals surface area contributed by atoms with Gasteiger partial charge in [-0.05, 0) is 69.1 Å². The number of hydrogen-bond acceptors (Lipinski definition) is 2. The van der Waals surface area contributed by atoms with Crippen LogP contribution in [0.1, 0.15) is 46.5 Å². The van der Waals surface area contributed by atoms with Gasteiger partial charge in [-0.25, -0.2) is 0 Å². The SMILES string of the molecule is C/C(C1=CCCC=C1)=C(/C)C(N[C@@H](C)C1CC=C2C=CC=CC2C1)[C@@H]1CO1. The second-order valence-electron chi connectivity index (χ2n) is 8.54. The van der Waals surface area contributed by atoms with Crippen LogP contribution in [0.25, 0.3) is 0 Å². The molecule has 0 amide bonds. The summed E-state index contributed by atoms with van der Waals surface area (Å²) in [6.45, 7) is 7.81. The van der Waals surface area contributed by atoms with Crippen LogP contribution in [0.3, 0.4) is 0 Å². The summed E-state index contributed by atoms with van der Waals surface area (Å²) < 4.78 is 5.74. The van der Waals surface area contributed by atoms with Crippen LogP contribution in [0.15, 0.2) is 70.9 Å². The predicted molar refractivity (Wildman–Crippen MR) is 114 cm³/mol. The van der Waals surface area contributed by atoms with Gasteiger partial charge in [-0.1, -0.05) is 54.2 Å². The molecule has 0 aromatic rings. The van der Waals surface area contributed by atoms with Crippen molar-refractivity contribution >= 4 is 0 Å². The van der Waals surface area contributed by atoms with E-state index in [1.807, 2.05) is 0 Å². The second-order valence-corrected chi connectivity index (χ2v) is 8.54. The molecule has 144 valence electrons. The molecule has 1 fully saturated rings. The average molecular weight is 364 g/mol. The average Bonchev–Trinajstić information content (AvgIpc) is 3.56. The highest BCUT2D eigenvalue weighted by Crippen LogP contribution is 2.35. The van der Waals surface area contributed by atoms with Crippen LogP contribution in [0.2, 0.25) is 0 Å². The molecule has 0 aromatic carbocycles. The van der Waals surface area contributed by atoms with Gasteiger partial charge in [0, 0.05) is 12.0 Å². The molecule has 2 nitrogen and oxygen atoms in total. The van der Waals surface area contributed by atoms with Crippen molar-refractivity contribution in [1.29, 1.82) is 0 Å². The highest BCUT2D eigenvalue weighted by Gasteiger charge is 2.37. The first-order chi connectivity index (χ1) is 13.1. The van der Waals surface area contributed by atoms with E-state index in [0.29, 0.717) is 30.0 Å². The fourth-order valence-electron chi connectivity index (χ4n) is 4.68. The molecular weight excluding hydrogens is 330 g/mol. The van der Waals surface area contributed by atoms with E-state index in [0.717, 1.165) is 13.0 Å². The van der Waals surface area contributed by atoms with Gasteiger partial charge in [-0.15, -0.1) is 0 Å².